The maximum Gasteiger partial charge on any atom is 0.311 e. The van der Waals surface area contributed by atoms with Gasteiger partial charge in [-0.15, -0.1) is 22.7 Å². The van der Waals surface area contributed by atoms with E-state index < -0.39 is 0 Å². The lowest BCUT2D eigenvalue weighted by atomic mass is 10.2. The van der Waals surface area contributed by atoms with Crippen molar-refractivity contribution < 1.29 is 19.1 Å². The first-order chi connectivity index (χ1) is 13.5. The molecule has 3 aromatic rings. The molecule has 1 amide bonds. The summed E-state index contributed by atoms with van der Waals surface area (Å²) in [5.74, 6) is 0.0426. The predicted octanol–water partition coefficient (Wildman–Crippen LogP) is 3.84. The first-order valence-corrected chi connectivity index (χ1v) is 10.3. The Bertz CT molecular complexity index is 950. The molecule has 0 saturated carbocycles. The van der Waals surface area contributed by atoms with E-state index in [9.17, 15) is 9.59 Å². The van der Waals surface area contributed by atoms with Crippen molar-refractivity contribution in [3.05, 3.63) is 57.0 Å². The number of nitrogens with zero attached hydrogens (tertiary/aromatic N) is 2. The van der Waals surface area contributed by atoms with E-state index in [4.69, 9.17) is 9.47 Å². The fraction of sp³-hybridized carbons (Fsp3) is 0.263. The summed E-state index contributed by atoms with van der Waals surface area (Å²) in [6.07, 6.45) is 0.0881. The van der Waals surface area contributed by atoms with Gasteiger partial charge in [-0.1, -0.05) is 0 Å². The van der Waals surface area contributed by atoms with Crippen LogP contribution in [-0.4, -0.2) is 28.5 Å². The van der Waals surface area contributed by atoms with Crippen LogP contribution < -0.4 is 10.1 Å². The summed E-state index contributed by atoms with van der Waals surface area (Å²) in [7, 11) is 0. The number of hydrogen-bond acceptors (Lipinski definition) is 8. The Morgan fingerprint density at radius 3 is 2.50 bits per heavy atom. The molecule has 0 aliphatic heterocycles. The van der Waals surface area contributed by atoms with Gasteiger partial charge in [-0.2, -0.15) is 0 Å². The van der Waals surface area contributed by atoms with Crippen molar-refractivity contribution in [3.63, 3.8) is 0 Å². The average Bonchev–Trinajstić information content (AvgIpc) is 3.29. The molecular formula is C19H19N3O4S2. The molecule has 0 spiro atoms. The molecule has 0 radical (unpaired) electrons. The maximum absolute atomic E-state index is 12.4. The second kappa shape index (κ2) is 9.43. The van der Waals surface area contributed by atoms with Crippen molar-refractivity contribution in [2.24, 2.45) is 0 Å². The number of amides is 1. The molecule has 146 valence electrons. The molecule has 0 fully saturated rings. The molecule has 0 atom stereocenters. The third kappa shape index (κ3) is 5.61. The number of aromatic nitrogens is 2. The topological polar surface area (TPSA) is 90.4 Å². The lowest BCUT2D eigenvalue weighted by molar-refractivity contribution is -0.142. The zero-order chi connectivity index (χ0) is 19.9. The molecule has 28 heavy (non-hydrogen) atoms. The Labute approximate surface area is 170 Å². The highest BCUT2D eigenvalue weighted by Crippen LogP contribution is 2.19. The van der Waals surface area contributed by atoms with Crippen LogP contribution in [0.4, 0.5) is 5.13 Å². The molecule has 1 N–H and O–H groups in total. The third-order valence-electron chi connectivity index (χ3n) is 3.57. The summed E-state index contributed by atoms with van der Waals surface area (Å²) in [5, 5.41) is 7.85. The standard InChI is InChI=1S/C19H19N3O4S2/c1-3-25-17(23)8-14-10-28-19(21-14)22-18(24)13-4-6-16(7-5-13)26-9-15-11-27-12(2)20-15/h4-7,10-11H,3,8-9H2,1-2H3,(H,21,22,24). The monoisotopic (exact) mass is 417 g/mol. The number of aryl methyl sites for hydroxylation is 1. The summed E-state index contributed by atoms with van der Waals surface area (Å²) in [4.78, 5) is 32.4. The smallest absolute Gasteiger partial charge is 0.311 e. The van der Waals surface area contributed by atoms with Gasteiger partial charge < -0.3 is 9.47 Å². The van der Waals surface area contributed by atoms with E-state index in [-0.39, 0.29) is 18.3 Å². The molecule has 7 nitrogen and oxygen atoms in total. The largest absolute Gasteiger partial charge is 0.487 e. The molecule has 3 rings (SSSR count). The van der Waals surface area contributed by atoms with Gasteiger partial charge in [0, 0.05) is 16.3 Å². The van der Waals surface area contributed by atoms with Crippen molar-refractivity contribution in [1.29, 1.82) is 0 Å². The highest BCUT2D eigenvalue weighted by molar-refractivity contribution is 7.14. The Morgan fingerprint density at radius 2 is 1.82 bits per heavy atom. The number of carbonyl (C=O) groups is 2. The van der Waals surface area contributed by atoms with Gasteiger partial charge in [0.1, 0.15) is 12.4 Å². The van der Waals surface area contributed by atoms with E-state index in [2.05, 4.69) is 15.3 Å². The molecule has 1 aromatic carbocycles. The predicted molar refractivity (Wildman–Crippen MR) is 108 cm³/mol. The van der Waals surface area contributed by atoms with E-state index in [1.165, 1.54) is 11.3 Å². The Balaban J connectivity index is 1.53. The van der Waals surface area contributed by atoms with Gasteiger partial charge in [0.15, 0.2) is 5.13 Å². The van der Waals surface area contributed by atoms with Crippen molar-refractivity contribution in [1.82, 2.24) is 9.97 Å². The molecule has 2 aromatic heterocycles. The van der Waals surface area contributed by atoms with Crippen LogP contribution in [0.25, 0.3) is 0 Å². The van der Waals surface area contributed by atoms with Crippen LogP contribution in [-0.2, 0) is 22.6 Å². The quantitative estimate of drug-likeness (QED) is 0.560. The number of thiazole rings is 2. The van der Waals surface area contributed by atoms with Crippen LogP contribution in [0, 0.1) is 6.92 Å². The number of anilines is 1. The summed E-state index contributed by atoms with van der Waals surface area (Å²) in [5.41, 5.74) is 1.94. The minimum Gasteiger partial charge on any atom is -0.487 e. The molecule has 9 heteroatoms. The van der Waals surface area contributed by atoms with Gasteiger partial charge in [0.05, 0.1) is 29.4 Å². The number of nitrogens with one attached hydrogen (secondary N) is 1. The molecule has 0 unspecified atom stereocenters. The minimum atomic E-state index is -0.339. The second-order valence-corrected chi connectivity index (χ2v) is 7.67. The summed E-state index contributed by atoms with van der Waals surface area (Å²) >= 11 is 2.84. The summed E-state index contributed by atoms with van der Waals surface area (Å²) < 4.78 is 10.6. The molecule has 0 bridgehead atoms. The number of esters is 1. The molecule has 0 saturated heterocycles. The first kappa shape index (κ1) is 20.0. The number of ether oxygens (including phenoxy) is 2. The third-order valence-corrected chi connectivity index (χ3v) is 5.20. The van der Waals surface area contributed by atoms with Crippen LogP contribution in [0.2, 0.25) is 0 Å². The normalized spacial score (nSPS) is 10.5. The van der Waals surface area contributed by atoms with Crippen molar-refractivity contribution >= 4 is 39.7 Å². The lowest BCUT2D eigenvalue weighted by Crippen LogP contribution is -2.12. The van der Waals surface area contributed by atoms with Crippen LogP contribution >= 0.6 is 22.7 Å². The zero-order valence-electron chi connectivity index (χ0n) is 15.4. The average molecular weight is 418 g/mol. The molecule has 0 aliphatic rings. The number of hydrogen-bond donors (Lipinski definition) is 1. The maximum atomic E-state index is 12.4. The van der Waals surface area contributed by atoms with Crippen molar-refractivity contribution in [3.8, 4) is 5.75 Å². The fourth-order valence-corrected chi connectivity index (χ4v) is 3.61. The van der Waals surface area contributed by atoms with E-state index in [1.807, 2.05) is 12.3 Å². The first-order valence-electron chi connectivity index (χ1n) is 8.58. The van der Waals surface area contributed by atoms with E-state index in [1.54, 1.807) is 47.9 Å². The number of carbonyl (C=O) groups excluding carboxylic acids is 2. The number of rotatable bonds is 8. The Morgan fingerprint density at radius 1 is 1.07 bits per heavy atom. The van der Waals surface area contributed by atoms with Gasteiger partial charge >= 0.3 is 5.97 Å². The van der Waals surface area contributed by atoms with E-state index in [0.29, 0.717) is 35.4 Å². The molecular weight excluding hydrogens is 398 g/mol. The molecule has 0 aliphatic carbocycles. The summed E-state index contributed by atoms with van der Waals surface area (Å²) in [6, 6.07) is 6.85. The molecule has 2 heterocycles. The highest BCUT2D eigenvalue weighted by Gasteiger charge is 2.12. The zero-order valence-corrected chi connectivity index (χ0v) is 17.1. The van der Waals surface area contributed by atoms with Crippen LogP contribution in [0.15, 0.2) is 35.0 Å². The minimum absolute atomic E-state index is 0.0881. The summed E-state index contributed by atoms with van der Waals surface area (Å²) in [6.45, 7) is 4.42. The van der Waals surface area contributed by atoms with Crippen LogP contribution in [0.5, 0.6) is 5.75 Å². The van der Waals surface area contributed by atoms with Gasteiger partial charge in [0.25, 0.3) is 5.91 Å². The van der Waals surface area contributed by atoms with Gasteiger partial charge in [-0.25, -0.2) is 9.97 Å². The van der Waals surface area contributed by atoms with Crippen LogP contribution in [0.1, 0.15) is 33.7 Å². The SMILES string of the molecule is CCOC(=O)Cc1csc(NC(=O)c2ccc(OCc3csc(C)n3)cc2)n1. The highest BCUT2D eigenvalue weighted by atomic mass is 32.1. The van der Waals surface area contributed by atoms with Gasteiger partial charge in [-0.05, 0) is 38.1 Å². The van der Waals surface area contributed by atoms with Crippen molar-refractivity contribution in [2.45, 2.75) is 26.9 Å². The van der Waals surface area contributed by atoms with Crippen molar-refractivity contribution in [2.75, 3.05) is 11.9 Å². The van der Waals surface area contributed by atoms with E-state index in [0.717, 1.165) is 10.7 Å². The fourth-order valence-electron chi connectivity index (χ4n) is 2.31. The Kier molecular flexibility index (Phi) is 6.72. The number of benzene rings is 1. The van der Waals surface area contributed by atoms with Gasteiger partial charge in [0.2, 0.25) is 0 Å². The van der Waals surface area contributed by atoms with Gasteiger partial charge in [-0.3, -0.25) is 14.9 Å². The van der Waals surface area contributed by atoms with E-state index >= 15 is 0 Å². The Hall–Kier alpha value is -2.78. The lowest BCUT2D eigenvalue weighted by Gasteiger charge is -2.06. The second-order valence-electron chi connectivity index (χ2n) is 5.75. The van der Waals surface area contributed by atoms with Crippen LogP contribution in [0.3, 0.4) is 0 Å².